The fourth-order valence-corrected chi connectivity index (χ4v) is 5.20. The summed E-state index contributed by atoms with van der Waals surface area (Å²) in [6.07, 6.45) is 18.9. The fraction of sp³-hybridized carbons (Fsp3) is 0.657. The Morgan fingerprint density at radius 1 is 1.15 bits per heavy atom. The summed E-state index contributed by atoms with van der Waals surface area (Å²) in [5.41, 5.74) is 2.27. The Balaban J connectivity index is 0. The molecule has 0 bridgehead atoms. The summed E-state index contributed by atoms with van der Waals surface area (Å²) in [5.74, 6) is 0.709. The molecule has 0 saturated carbocycles. The average Bonchev–Trinajstić information content (AvgIpc) is 2.94. The average molecular weight is 579 g/mol. The zero-order valence-electron chi connectivity index (χ0n) is 26.9. The number of ether oxygens (including phenoxy) is 1. The molecule has 0 radical (unpaired) electrons. The monoisotopic (exact) mass is 578 g/mol. The van der Waals surface area contributed by atoms with Gasteiger partial charge in [0.1, 0.15) is 6.10 Å². The summed E-state index contributed by atoms with van der Waals surface area (Å²) in [4.78, 5) is 4.52. The Morgan fingerprint density at radius 2 is 1.80 bits per heavy atom. The summed E-state index contributed by atoms with van der Waals surface area (Å²) in [5, 5.41) is 37.7. The van der Waals surface area contributed by atoms with Crippen LogP contribution >= 0.6 is 0 Å². The zero-order chi connectivity index (χ0) is 31.6. The van der Waals surface area contributed by atoms with Crippen LogP contribution < -0.4 is 0 Å². The maximum atomic E-state index is 10.8. The van der Waals surface area contributed by atoms with Crippen LogP contribution in [0.1, 0.15) is 99.3 Å². The van der Waals surface area contributed by atoms with Crippen molar-refractivity contribution in [2.75, 3.05) is 6.61 Å². The molecular formula is C35H62O6. The van der Waals surface area contributed by atoms with Crippen molar-refractivity contribution >= 4 is 0 Å². The predicted molar refractivity (Wildman–Crippen MR) is 174 cm³/mol. The van der Waals surface area contributed by atoms with Gasteiger partial charge >= 0.3 is 0 Å². The van der Waals surface area contributed by atoms with Crippen LogP contribution in [0.25, 0.3) is 0 Å². The number of allylic oxidation sites excluding steroid dienone is 3. The van der Waals surface area contributed by atoms with E-state index in [2.05, 4.69) is 44.5 Å². The van der Waals surface area contributed by atoms with E-state index in [-0.39, 0.29) is 24.0 Å². The van der Waals surface area contributed by atoms with Gasteiger partial charge in [-0.25, -0.2) is 4.89 Å². The van der Waals surface area contributed by atoms with Gasteiger partial charge in [-0.05, 0) is 77.0 Å². The van der Waals surface area contributed by atoms with Gasteiger partial charge in [-0.3, -0.25) is 5.26 Å². The van der Waals surface area contributed by atoms with Gasteiger partial charge in [0.2, 0.25) is 0 Å². The van der Waals surface area contributed by atoms with Crippen LogP contribution in [0.3, 0.4) is 0 Å². The summed E-state index contributed by atoms with van der Waals surface area (Å²) < 4.78 is 5.81. The number of hydrogen-bond acceptors (Lipinski definition) is 6. The van der Waals surface area contributed by atoms with Gasteiger partial charge in [0, 0.05) is 5.92 Å². The van der Waals surface area contributed by atoms with Crippen molar-refractivity contribution in [3.63, 3.8) is 0 Å². The summed E-state index contributed by atoms with van der Waals surface area (Å²) >= 11 is 0. The first-order valence-electron chi connectivity index (χ1n) is 15.4. The maximum absolute atomic E-state index is 10.8. The molecule has 1 rings (SSSR count). The van der Waals surface area contributed by atoms with E-state index in [1.54, 1.807) is 6.08 Å². The lowest BCUT2D eigenvalue weighted by Gasteiger charge is -2.24. The highest BCUT2D eigenvalue weighted by Gasteiger charge is 2.21. The Kier molecular flexibility index (Phi) is 27.0. The van der Waals surface area contributed by atoms with Crippen LogP contribution in [0.4, 0.5) is 0 Å². The van der Waals surface area contributed by atoms with Gasteiger partial charge in [-0.15, -0.1) is 6.58 Å². The molecule has 7 atom stereocenters. The second-order valence-corrected chi connectivity index (χ2v) is 10.8. The first-order valence-corrected chi connectivity index (χ1v) is 15.4. The molecule has 0 fully saturated rings. The largest absolute Gasteiger partial charge is 0.516 e. The second kappa shape index (κ2) is 26.9. The van der Waals surface area contributed by atoms with E-state index in [0.29, 0.717) is 31.8 Å². The van der Waals surface area contributed by atoms with Crippen molar-refractivity contribution in [1.82, 2.24) is 0 Å². The molecule has 0 heterocycles. The molecule has 0 aromatic heterocycles. The second-order valence-electron chi connectivity index (χ2n) is 10.8. The number of aliphatic hydroxyl groups excluding tert-OH is 3. The summed E-state index contributed by atoms with van der Waals surface area (Å²) in [6, 6.07) is 0. The van der Waals surface area contributed by atoms with Crippen molar-refractivity contribution < 1.29 is 30.2 Å². The molecule has 1 aliphatic carbocycles. The van der Waals surface area contributed by atoms with Gasteiger partial charge in [0.05, 0.1) is 31.2 Å². The minimum atomic E-state index is -0.580. The SMILES string of the molecule is C=CCOC(CC)CC(C)CC(=C)CC(O)CCCC(/C=C\C)C(O)/C=C/C1CC(C)=CC(OO)C1.C=CO.CC. The normalized spacial score (nSPS) is 20.5. The standard InChI is InChI=1S/C31H52O5.C2H4O.C2H6/c1-7-11-27(31(33)15-14-26-18-25(6)21-30(22-26)36-34)12-10-13-28(32)19-23(4)17-24(5)20-29(9-3)35-16-8-2;1-2-3;1-2/h7-8,11,14-15,21,24,26-34H,2,4,9-10,12-13,16-20,22H2,1,3,5-6H3;2-3H,1H2;1-2H3/b11-7-,15-14+;;. The van der Waals surface area contributed by atoms with Gasteiger partial charge < -0.3 is 20.1 Å². The molecule has 0 aromatic rings. The van der Waals surface area contributed by atoms with E-state index in [1.165, 1.54) is 5.57 Å². The van der Waals surface area contributed by atoms with Crippen molar-refractivity contribution in [3.8, 4) is 0 Å². The van der Waals surface area contributed by atoms with Crippen molar-refractivity contribution in [3.05, 3.63) is 73.6 Å². The highest BCUT2D eigenvalue weighted by molar-refractivity contribution is 5.12. The molecule has 1 aliphatic rings. The molecule has 6 nitrogen and oxygen atoms in total. The number of rotatable bonds is 19. The molecule has 0 saturated heterocycles. The maximum Gasteiger partial charge on any atom is 0.112 e. The fourth-order valence-electron chi connectivity index (χ4n) is 5.20. The third kappa shape index (κ3) is 21.4. The molecule has 238 valence electrons. The molecule has 4 N–H and O–H groups in total. The third-order valence-corrected chi connectivity index (χ3v) is 6.99. The van der Waals surface area contributed by atoms with Gasteiger partial charge in [0.25, 0.3) is 0 Å². The van der Waals surface area contributed by atoms with Crippen molar-refractivity contribution in [2.45, 2.75) is 124 Å². The molecule has 0 amide bonds. The lowest BCUT2D eigenvalue weighted by Crippen LogP contribution is -2.20. The zero-order valence-corrected chi connectivity index (χ0v) is 26.9. The van der Waals surface area contributed by atoms with Crippen LogP contribution in [-0.4, -0.2) is 51.6 Å². The quantitative estimate of drug-likeness (QED) is 0.0529. The van der Waals surface area contributed by atoms with Crippen LogP contribution in [0.5, 0.6) is 0 Å². The smallest absolute Gasteiger partial charge is 0.112 e. The van der Waals surface area contributed by atoms with Gasteiger partial charge in [-0.2, -0.15) is 0 Å². The number of hydrogen-bond donors (Lipinski definition) is 4. The Hall–Kier alpha value is -1.96. The molecule has 0 spiro atoms. The molecule has 41 heavy (non-hydrogen) atoms. The van der Waals surface area contributed by atoms with Crippen molar-refractivity contribution in [2.24, 2.45) is 17.8 Å². The number of aliphatic hydroxyl groups is 3. The molecule has 6 heteroatoms. The first kappa shape index (κ1) is 41.2. The lowest BCUT2D eigenvalue weighted by molar-refractivity contribution is -0.269. The summed E-state index contributed by atoms with van der Waals surface area (Å²) in [6.45, 7) is 23.8. The van der Waals surface area contributed by atoms with Gasteiger partial charge in [-0.1, -0.05) is 94.9 Å². The minimum Gasteiger partial charge on any atom is -0.516 e. The van der Waals surface area contributed by atoms with Crippen LogP contribution in [0.2, 0.25) is 0 Å². The van der Waals surface area contributed by atoms with E-state index in [0.717, 1.165) is 50.4 Å². The Bertz CT molecular complexity index is 756. The van der Waals surface area contributed by atoms with E-state index in [9.17, 15) is 10.2 Å². The van der Waals surface area contributed by atoms with Gasteiger partial charge in [0.15, 0.2) is 0 Å². The minimum absolute atomic E-state index is 0.00772. The molecule has 7 unspecified atom stereocenters. The molecular weight excluding hydrogens is 516 g/mol. The predicted octanol–water partition coefficient (Wildman–Crippen LogP) is 8.90. The highest BCUT2D eigenvalue weighted by atomic mass is 17.1. The van der Waals surface area contributed by atoms with Crippen LogP contribution in [0.15, 0.2) is 73.6 Å². The Morgan fingerprint density at radius 3 is 2.37 bits per heavy atom. The van der Waals surface area contributed by atoms with E-state index >= 15 is 0 Å². The third-order valence-electron chi connectivity index (χ3n) is 6.99. The molecule has 0 aromatic carbocycles. The van der Waals surface area contributed by atoms with E-state index in [1.807, 2.05) is 52.0 Å². The topological polar surface area (TPSA) is 99.4 Å². The Labute approximate surface area is 251 Å². The van der Waals surface area contributed by atoms with Crippen LogP contribution in [0, 0.1) is 17.8 Å². The van der Waals surface area contributed by atoms with Crippen molar-refractivity contribution in [1.29, 1.82) is 0 Å². The van der Waals surface area contributed by atoms with E-state index < -0.39 is 12.2 Å². The van der Waals surface area contributed by atoms with Crippen LogP contribution in [-0.2, 0) is 9.62 Å². The highest BCUT2D eigenvalue weighted by Crippen LogP contribution is 2.28. The lowest BCUT2D eigenvalue weighted by atomic mass is 9.86. The summed E-state index contributed by atoms with van der Waals surface area (Å²) in [7, 11) is 0. The molecule has 0 aliphatic heterocycles. The van der Waals surface area contributed by atoms with E-state index in [4.69, 9.17) is 15.1 Å². The first-order chi connectivity index (χ1) is 19.6.